The van der Waals surface area contributed by atoms with Crippen LogP contribution in [0.5, 0.6) is 0 Å². The largest absolute Gasteiger partial charge is 0.381 e. The zero-order valence-corrected chi connectivity index (χ0v) is 8.85. The second-order valence-corrected chi connectivity index (χ2v) is 3.52. The molecule has 0 saturated carbocycles. The topological polar surface area (TPSA) is 35.2 Å². The van der Waals surface area contributed by atoms with E-state index in [1.54, 1.807) is 0 Å². The SMILES string of the molecule is C=C(C)CCOCCCCCCN. The predicted octanol–water partition coefficient (Wildman–Crippen LogP) is 2.49. The molecule has 0 aliphatic rings. The smallest absolute Gasteiger partial charge is 0.0502 e. The Kier molecular flexibility index (Phi) is 9.49. The highest BCUT2D eigenvalue weighted by atomic mass is 16.5. The number of unbranched alkanes of at least 4 members (excludes halogenated alkanes) is 3. The van der Waals surface area contributed by atoms with Gasteiger partial charge in [-0.3, -0.25) is 0 Å². The Balaban J connectivity index is 2.87. The lowest BCUT2D eigenvalue weighted by Crippen LogP contribution is -2.00. The van der Waals surface area contributed by atoms with Crippen molar-refractivity contribution in [2.45, 2.75) is 39.0 Å². The number of ether oxygens (including phenoxy) is 1. The van der Waals surface area contributed by atoms with Crippen LogP contribution in [-0.4, -0.2) is 19.8 Å². The first-order chi connectivity index (χ1) is 6.27. The van der Waals surface area contributed by atoms with Crippen molar-refractivity contribution < 1.29 is 4.74 Å². The summed E-state index contributed by atoms with van der Waals surface area (Å²) in [7, 11) is 0. The predicted molar refractivity (Wildman–Crippen MR) is 57.8 cm³/mol. The van der Waals surface area contributed by atoms with Crippen LogP contribution in [0.25, 0.3) is 0 Å². The van der Waals surface area contributed by atoms with Gasteiger partial charge in [0.1, 0.15) is 0 Å². The van der Waals surface area contributed by atoms with Gasteiger partial charge in [0.2, 0.25) is 0 Å². The quantitative estimate of drug-likeness (QED) is 0.442. The third-order valence-corrected chi connectivity index (χ3v) is 1.92. The summed E-state index contributed by atoms with van der Waals surface area (Å²) in [6.45, 7) is 8.38. The van der Waals surface area contributed by atoms with Crippen LogP contribution in [0.4, 0.5) is 0 Å². The standard InChI is InChI=1S/C11H23NO/c1-11(2)7-10-13-9-6-4-3-5-8-12/h1,3-10,12H2,2H3. The second kappa shape index (κ2) is 9.75. The van der Waals surface area contributed by atoms with Crippen LogP contribution in [0.3, 0.4) is 0 Å². The van der Waals surface area contributed by atoms with E-state index in [9.17, 15) is 0 Å². The van der Waals surface area contributed by atoms with Crippen LogP contribution < -0.4 is 5.73 Å². The second-order valence-electron chi connectivity index (χ2n) is 3.52. The molecule has 0 bridgehead atoms. The molecule has 0 atom stereocenters. The molecular formula is C11H23NO. The number of hydrogen-bond donors (Lipinski definition) is 1. The fourth-order valence-electron chi connectivity index (χ4n) is 1.05. The lowest BCUT2D eigenvalue weighted by molar-refractivity contribution is 0.133. The molecule has 0 amide bonds. The van der Waals surface area contributed by atoms with Crippen molar-refractivity contribution >= 4 is 0 Å². The first kappa shape index (κ1) is 12.7. The number of rotatable bonds is 9. The third-order valence-electron chi connectivity index (χ3n) is 1.92. The zero-order chi connectivity index (χ0) is 9.94. The van der Waals surface area contributed by atoms with Crippen LogP contribution in [0.15, 0.2) is 12.2 Å². The van der Waals surface area contributed by atoms with Gasteiger partial charge in [-0.2, -0.15) is 0 Å². The minimum absolute atomic E-state index is 0.816. The van der Waals surface area contributed by atoms with Gasteiger partial charge in [0.25, 0.3) is 0 Å². The summed E-state index contributed by atoms with van der Waals surface area (Å²) in [6.07, 6.45) is 5.77. The van der Waals surface area contributed by atoms with Crippen LogP contribution in [-0.2, 0) is 4.74 Å². The number of hydrogen-bond acceptors (Lipinski definition) is 2. The third kappa shape index (κ3) is 11.7. The van der Waals surface area contributed by atoms with Crippen LogP contribution in [0.2, 0.25) is 0 Å². The molecule has 2 N–H and O–H groups in total. The van der Waals surface area contributed by atoms with Crippen LogP contribution >= 0.6 is 0 Å². The van der Waals surface area contributed by atoms with Gasteiger partial charge in [0.15, 0.2) is 0 Å². The molecular weight excluding hydrogens is 162 g/mol. The Bertz CT molecular complexity index is 123. The zero-order valence-electron chi connectivity index (χ0n) is 8.85. The molecule has 0 fully saturated rings. The molecule has 0 saturated heterocycles. The average Bonchev–Trinajstić information content (AvgIpc) is 2.09. The molecule has 0 spiro atoms. The summed E-state index contributed by atoms with van der Waals surface area (Å²) >= 11 is 0. The molecule has 2 heteroatoms. The van der Waals surface area contributed by atoms with Gasteiger partial charge in [-0.1, -0.05) is 18.4 Å². The summed E-state index contributed by atoms with van der Waals surface area (Å²) in [5.74, 6) is 0. The summed E-state index contributed by atoms with van der Waals surface area (Å²) in [4.78, 5) is 0. The Hall–Kier alpha value is -0.340. The molecule has 0 aromatic rings. The molecule has 0 radical (unpaired) electrons. The highest BCUT2D eigenvalue weighted by molar-refractivity contribution is 4.86. The van der Waals surface area contributed by atoms with Crippen molar-refractivity contribution in [3.8, 4) is 0 Å². The van der Waals surface area contributed by atoms with Crippen molar-refractivity contribution in [3.63, 3.8) is 0 Å². The van der Waals surface area contributed by atoms with Crippen molar-refractivity contribution in [2.24, 2.45) is 5.73 Å². The van der Waals surface area contributed by atoms with E-state index in [0.29, 0.717) is 0 Å². The average molecular weight is 185 g/mol. The van der Waals surface area contributed by atoms with Crippen molar-refractivity contribution in [2.75, 3.05) is 19.8 Å². The fourth-order valence-corrected chi connectivity index (χ4v) is 1.05. The molecule has 13 heavy (non-hydrogen) atoms. The Labute approximate surface area is 82.2 Å². The van der Waals surface area contributed by atoms with E-state index < -0.39 is 0 Å². The normalized spacial score (nSPS) is 10.3. The lowest BCUT2D eigenvalue weighted by atomic mass is 10.2. The fraction of sp³-hybridized carbons (Fsp3) is 0.818. The van der Waals surface area contributed by atoms with E-state index in [1.165, 1.54) is 18.4 Å². The van der Waals surface area contributed by atoms with E-state index >= 15 is 0 Å². The van der Waals surface area contributed by atoms with Gasteiger partial charge in [-0.25, -0.2) is 0 Å². The summed E-state index contributed by atoms with van der Waals surface area (Å²) in [5, 5.41) is 0. The molecule has 0 aromatic heterocycles. The van der Waals surface area contributed by atoms with Crippen molar-refractivity contribution in [1.29, 1.82) is 0 Å². The molecule has 0 aliphatic heterocycles. The van der Waals surface area contributed by atoms with Gasteiger partial charge in [-0.15, -0.1) is 6.58 Å². The molecule has 0 aromatic carbocycles. The number of nitrogens with two attached hydrogens (primary N) is 1. The van der Waals surface area contributed by atoms with Crippen molar-refractivity contribution in [1.82, 2.24) is 0 Å². The summed E-state index contributed by atoms with van der Waals surface area (Å²) in [6, 6.07) is 0. The minimum atomic E-state index is 0.816. The monoisotopic (exact) mass is 185 g/mol. The highest BCUT2D eigenvalue weighted by Crippen LogP contribution is 2.00. The molecule has 78 valence electrons. The molecule has 0 heterocycles. The van der Waals surface area contributed by atoms with Crippen molar-refractivity contribution in [3.05, 3.63) is 12.2 Å². The Morgan fingerprint density at radius 3 is 2.46 bits per heavy atom. The molecule has 2 nitrogen and oxygen atoms in total. The maximum atomic E-state index is 5.43. The van der Waals surface area contributed by atoms with E-state index in [-0.39, 0.29) is 0 Å². The maximum absolute atomic E-state index is 5.43. The Morgan fingerprint density at radius 1 is 1.15 bits per heavy atom. The summed E-state index contributed by atoms with van der Waals surface area (Å²) in [5.41, 5.74) is 6.58. The minimum Gasteiger partial charge on any atom is -0.381 e. The van der Waals surface area contributed by atoms with Gasteiger partial charge >= 0.3 is 0 Å². The molecule has 0 aliphatic carbocycles. The van der Waals surface area contributed by atoms with Crippen LogP contribution in [0.1, 0.15) is 39.0 Å². The first-order valence-corrected chi connectivity index (χ1v) is 5.19. The van der Waals surface area contributed by atoms with Gasteiger partial charge < -0.3 is 10.5 Å². The van der Waals surface area contributed by atoms with Gasteiger partial charge in [-0.05, 0) is 32.7 Å². The summed E-state index contributed by atoms with van der Waals surface area (Å²) < 4.78 is 5.43. The van der Waals surface area contributed by atoms with E-state index in [4.69, 9.17) is 10.5 Å². The first-order valence-electron chi connectivity index (χ1n) is 5.19. The molecule has 0 unspecified atom stereocenters. The molecule has 0 rings (SSSR count). The maximum Gasteiger partial charge on any atom is 0.0502 e. The Morgan fingerprint density at radius 2 is 1.85 bits per heavy atom. The van der Waals surface area contributed by atoms with E-state index in [2.05, 4.69) is 6.58 Å². The van der Waals surface area contributed by atoms with E-state index in [1.807, 2.05) is 6.92 Å². The van der Waals surface area contributed by atoms with Crippen LogP contribution in [0, 0.1) is 0 Å². The van der Waals surface area contributed by atoms with E-state index in [0.717, 1.165) is 39.0 Å². The highest BCUT2D eigenvalue weighted by Gasteiger charge is 1.90. The lowest BCUT2D eigenvalue weighted by Gasteiger charge is -2.03. The van der Waals surface area contributed by atoms with Gasteiger partial charge in [0, 0.05) is 6.61 Å². The van der Waals surface area contributed by atoms with Gasteiger partial charge in [0.05, 0.1) is 6.61 Å².